The minimum Gasteiger partial charge on any atom is -0.481 e. The van der Waals surface area contributed by atoms with Crippen LogP contribution in [0.4, 0.5) is 0 Å². The molecule has 13 heteroatoms. The Morgan fingerprint density at radius 3 is 2.62 bits per heavy atom. The number of carboxylic acid groups (broad SMARTS) is 1. The zero-order valence-corrected chi connectivity index (χ0v) is 32.6. The zero-order chi connectivity index (χ0) is 39.4. The maximum Gasteiger partial charge on any atom is 0.333 e. The lowest BCUT2D eigenvalue weighted by Gasteiger charge is -2.64. The monoisotopic (exact) mass is 781 g/mol. The van der Waals surface area contributed by atoms with E-state index >= 15 is 0 Å². The number of rotatable bonds is 9. The Kier molecular flexibility index (Phi) is 11.1. The second-order valence-corrected chi connectivity index (χ2v) is 17.4. The molecule has 308 valence electrons. The van der Waals surface area contributed by atoms with E-state index in [1.165, 1.54) is 39.2 Å². The number of carbonyl (C=O) groups excluding carboxylic acids is 1. The molecular weight excluding hydrogens is 722 g/mol. The van der Waals surface area contributed by atoms with Crippen molar-refractivity contribution in [3.8, 4) is 0 Å². The van der Waals surface area contributed by atoms with Crippen molar-refractivity contribution in [1.82, 2.24) is 4.98 Å². The Morgan fingerprint density at radius 1 is 1.09 bits per heavy atom. The van der Waals surface area contributed by atoms with Gasteiger partial charge >= 0.3 is 11.9 Å². The van der Waals surface area contributed by atoms with Gasteiger partial charge < -0.3 is 54.2 Å². The molecule has 3 aliphatic heterocycles. The van der Waals surface area contributed by atoms with Crippen LogP contribution in [0.15, 0.2) is 29.9 Å². The summed E-state index contributed by atoms with van der Waals surface area (Å²) in [6, 6.07) is 2.18. The highest BCUT2D eigenvalue weighted by molar-refractivity contribution is 5.90. The summed E-state index contributed by atoms with van der Waals surface area (Å²) < 4.78 is 32.5. The van der Waals surface area contributed by atoms with Crippen molar-refractivity contribution in [3.63, 3.8) is 0 Å². The van der Waals surface area contributed by atoms with E-state index in [1.807, 2.05) is 12.2 Å². The zero-order valence-electron chi connectivity index (χ0n) is 32.6. The standard InChI is InChI=1S/C43H59NO12/c1-24(25-9-4-3-5-10-25)33-20-31-32-15-16-41(51)40(50)43(32,54-34(14-7-17-45)37(31)44-33)35-22-53-18-8-12-26-11-6-13-27-29(21-36(47)48)30(39(49)52-2)19-28(26)38(27)56-42(41,23-46)55-35/h6,13,19-20,24-29,35,38,40,44-46,50-51H,3-5,7-12,14-18,21-23H2,1-2H3,(H,47,48)/t24-,26+,27-,28-,29+,35-,38+,40-,41-,42+,43-/m1/s1. The molecule has 1 spiro atoms. The third-order valence-corrected chi connectivity index (χ3v) is 14.5. The van der Waals surface area contributed by atoms with Gasteiger partial charge in [0, 0.05) is 53.9 Å². The summed E-state index contributed by atoms with van der Waals surface area (Å²) in [6.07, 6.45) is 10.8. The van der Waals surface area contributed by atoms with Crippen molar-refractivity contribution in [2.45, 2.75) is 132 Å². The lowest BCUT2D eigenvalue weighted by molar-refractivity contribution is -0.438. The first-order valence-electron chi connectivity index (χ1n) is 20.9. The summed E-state index contributed by atoms with van der Waals surface area (Å²) in [5.74, 6) is -4.49. The molecule has 8 bridgehead atoms. The average molecular weight is 782 g/mol. The third kappa shape index (κ3) is 6.31. The minimum absolute atomic E-state index is 0.0318. The molecule has 2 saturated carbocycles. The molecule has 4 fully saturated rings. The Hall–Kier alpha value is -3.04. The van der Waals surface area contributed by atoms with Crippen LogP contribution in [-0.2, 0) is 33.3 Å². The molecule has 0 amide bonds. The van der Waals surface area contributed by atoms with Gasteiger partial charge in [-0.3, -0.25) is 4.79 Å². The molecule has 56 heavy (non-hydrogen) atoms. The van der Waals surface area contributed by atoms with Crippen molar-refractivity contribution in [1.29, 1.82) is 0 Å². The molecule has 6 N–H and O–H groups in total. The maximum absolute atomic E-state index is 13.2. The van der Waals surface area contributed by atoms with Gasteiger partial charge in [-0.15, -0.1) is 0 Å². The summed E-state index contributed by atoms with van der Waals surface area (Å²) in [5.41, 5.74) is -1.68. The molecule has 1 aromatic rings. The van der Waals surface area contributed by atoms with Crippen molar-refractivity contribution >= 4 is 23.3 Å². The van der Waals surface area contributed by atoms with Crippen LogP contribution >= 0.6 is 0 Å². The summed E-state index contributed by atoms with van der Waals surface area (Å²) in [6.45, 7) is 1.69. The van der Waals surface area contributed by atoms with E-state index in [2.05, 4.69) is 18.0 Å². The van der Waals surface area contributed by atoms with Gasteiger partial charge in [-0.2, -0.15) is 0 Å². The van der Waals surface area contributed by atoms with Crippen LogP contribution in [-0.4, -0.2) is 111 Å². The predicted molar refractivity (Wildman–Crippen MR) is 202 cm³/mol. The number of hydrogen-bond donors (Lipinski definition) is 6. The molecule has 4 heterocycles. The number of allylic oxidation sites excluding steroid dienone is 1. The van der Waals surface area contributed by atoms with Crippen LogP contribution in [0, 0.1) is 29.6 Å². The Bertz CT molecular complexity index is 1850. The van der Waals surface area contributed by atoms with Crippen LogP contribution < -0.4 is 10.6 Å². The van der Waals surface area contributed by atoms with E-state index in [0.29, 0.717) is 56.8 Å². The fourth-order valence-corrected chi connectivity index (χ4v) is 11.6. The second-order valence-electron chi connectivity index (χ2n) is 17.4. The number of methoxy groups -OCH3 is 1. The summed E-state index contributed by atoms with van der Waals surface area (Å²) in [5, 5.41) is 59.1. The molecule has 7 aliphatic rings. The van der Waals surface area contributed by atoms with Gasteiger partial charge in [-0.1, -0.05) is 44.4 Å². The van der Waals surface area contributed by atoms with Crippen molar-refractivity contribution in [3.05, 3.63) is 46.1 Å². The highest BCUT2D eigenvalue weighted by atomic mass is 16.7. The molecule has 13 nitrogen and oxygen atoms in total. The number of esters is 1. The van der Waals surface area contributed by atoms with Crippen LogP contribution in [0.2, 0.25) is 0 Å². The molecule has 0 unspecified atom stereocenters. The Labute approximate surface area is 327 Å². The maximum atomic E-state index is 13.2. The third-order valence-electron chi connectivity index (χ3n) is 14.5. The van der Waals surface area contributed by atoms with E-state index in [-0.39, 0.29) is 43.5 Å². The second kappa shape index (κ2) is 15.6. The first-order valence-corrected chi connectivity index (χ1v) is 20.9. The van der Waals surface area contributed by atoms with Crippen molar-refractivity contribution in [2.75, 3.05) is 33.5 Å². The minimum atomic E-state index is -2.20. The van der Waals surface area contributed by atoms with Gasteiger partial charge in [-0.25, -0.2) is 4.79 Å². The molecule has 4 aliphatic carbocycles. The van der Waals surface area contributed by atoms with Gasteiger partial charge in [0.15, 0.2) is 11.2 Å². The van der Waals surface area contributed by atoms with Gasteiger partial charge in [0.1, 0.15) is 24.6 Å². The number of carbonyl (C=O) groups is 2. The number of H-pyrrole nitrogens is 1. The topological polar surface area (TPSA) is 197 Å². The Balaban J connectivity index is 1.26. The number of aromatic amines is 1. The molecule has 11 atom stereocenters. The van der Waals surface area contributed by atoms with Crippen molar-refractivity contribution in [2.24, 2.45) is 29.6 Å². The van der Waals surface area contributed by atoms with Crippen LogP contribution in [0.5, 0.6) is 0 Å². The average Bonchev–Trinajstić information content (AvgIpc) is 3.60. The summed E-state index contributed by atoms with van der Waals surface area (Å²) in [4.78, 5) is 29.2. The molecule has 0 radical (unpaired) electrons. The number of fused-ring (bicyclic) bond motifs is 5. The highest BCUT2D eigenvalue weighted by Crippen LogP contribution is 2.58. The van der Waals surface area contributed by atoms with Crippen molar-refractivity contribution < 1.29 is 58.8 Å². The molecular formula is C43H59NO12. The van der Waals surface area contributed by atoms with Crippen LogP contribution in [0.3, 0.4) is 0 Å². The molecule has 8 rings (SSSR count). The number of ether oxygens (including phenoxy) is 5. The number of carboxylic acids is 1. The first-order chi connectivity index (χ1) is 27.0. The van der Waals surface area contributed by atoms with E-state index in [0.717, 1.165) is 21.8 Å². The predicted octanol–water partition coefficient (Wildman–Crippen LogP) is 2.68. The fourth-order valence-electron chi connectivity index (χ4n) is 11.6. The van der Waals surface area contributed by atoms with E-state index in [4.69, 9.17) is 23.7 Å². The number of nitrogens with one attached hydrogen (secondary N) is 1. The largest absolute Gasteiger partial charge is 0.481 e. The normalized spacial score (nSPS) is 38.8. The highest BCUT2D eigenvalue weighted by Gasteiger charge is 2.75. The molecule has 0 aromatic carbocycles. The van der Waals surface area contributed by atoms with E-state index in [9.17, 15) is 35.1 Å². The summed E-state index contributed by atoms with van der Waals surface area (Å²) in [7, 11) is 1.27. The first kappa shape index (κ1) is 39.8. The van der Waals surface area contributed by atoms with E-state index in [1.54, 1.807) is 6.08 Å². The SMILES string of the molecule is COC(=O)C1=C[C@@H]2[C@H]3CC=C[C@@H]([C@@H]2O[C@]2(CO)O[C@H](COCCC3)[C@]34OC(CCCO)=c5[nH]c([C@H](C)C6CCCCC6)cc5=C3CC[C@@]2(O)[C@H]4O)[C@@H]1CC(=O)O. The lowest BCUT2D eigenvalue weighted by atomic mass is 9.60. The van der Waals surface area contributed by atoms with Crippen LogP contribution in [0.1, 0.15) is 102 Å². The number of aromatic nitrogens is 1. The fraction of sp³-hybridized carbons (Fsp3) is 0.721. The number of aliphatic carboxylic acids is 1. The Morgan fingerprint density at radius 2 is 1.89 bits per heavy atom. The van der Waals surface area contributed by atoms with Gasteiger partial charge in [0.25, 0.3) is 0 Å². The van der Waals surface area contributed by atoms with E-state index < -0.39 is 71.6 Å². The number of aliphatic hydroxyl groups is 4. The number of aliphatic hydroxyl groups excluding tert-OH is 3. The van der Waals surface area contributed by atoms with Gasteiger partial charge in [-0.05, 0) is 80.8 Å². The smallest absolute Gasteiger partial charge is 0.333 e. The molecule has 1 aromatic heterocycles. The number of hydrogen-bond acceptors (Lipinski definition) is 11. The van der Waals surface area contributed by atoms with Gasteiger partial charge in [0.05, 0.1) is 31.6 Å². The molecule has 2 saturated heterocycles. The summed E-state index contributed by atoms with van der Waals surface area (Å²) >= 11 is 0. The quantitative estimate of drug-likeness (QED) is 0.159. The van der Waals surface area contributed by atoms with Gasteiger partial charge in [0.2, 0.25) is 5.79 Å². The lowest BCUT2D eigenvalue weighted by Crippen LogP contribution is -2.83. The van der Waals surface area contributed by atoms with Crippen LogP contribution in [0.25, 0.3) is 11.3 Å².